The van der Waals surface area contributed by atoms with Gasteiger partial charge in [0.1, 0.15) is 5.82 Å². The summed E-state index contributed by atoms with van der Waals surface area (Å²) in [5, 5.41) is 4.10. The fraction of sp³-hybridized carbons (Fsp3) is 0.200. The summed E-state index contributed by atoms with van der Waals surface area (Å²) < 4.78 is 13.7. The monoisotopic (exact) mass is 341 g/mol. The topological polar surface area (TPSA) is 12.0 Å². The van der Waals surface area contributed by atoms with E-state index >= 15 is 0 Å². The maximum Gasteiger partial charge on any atom is 0.123 e. The van der Waals surface area contributed by atoms with Gasteiger partial charge in [-0.15, -0.1) is 0 Å². The van der Waals surface area contributed by atoms with Crippen LogP contribution in [-0.2, 0) is 6.54 Å². The SMILES string of the molecule is C[C@@H](NCc1ccc(Cl)c(Br)c1)c1ccc(F)cc1. The van der Waals surface area contributed by atoms with Gasteiger partial charge in [0.05, 0.1) is 5.02 Å². The van der Waals surface area contributed by atoms with Crippen molar-refractivity contribution in [2.45, 2.75) is 19.5 Å². The van der Waals surface area contributed by atoms with Gasteiger partial charge in [0.2, 0.25) is 0 Å². The first-order chi connectivity index (χ1) is 9.06. The van der Waals surface area contributed by atoms with Crippen molar-refractivity contribution in [1.29, 1.82) is 0 Å². The standard InChI is InChI=1S/C15H14BrClFN/c1-10(12-3-5-13(18)6-4-12)19-9-11-2-7-15(17)14(16)8-11/h2-8,10,19H,9H2,1H3/t10-/m1/s1. The minimum atomic E-state index is -0.211. The molecular formula is C15H14BrClFN. The molecule has 4 heteroatoms. The molecule has 0 heterocycles. The molecule has 2 rings (SSSR count). The minimum absolute atomic E-state index is 0.162. The van der Waals surface area contributed by atoms with Gasteiger partial charge >= 0.3 is 0 Å². The second kappa shape index (κ2) is 6.51. The molecule has 0 aliphatic rings. The Morgan fingerprint density at radius 1 is 1.21 bits per heavy atom. The normalized spacial score (nSPS) is 12.4. The van der Waals surface area contributed by atoms with E-state index in [1.165, 1.54) is 12.1 Å². The maximum absolute atomic E-state index is 12.8. The molecule has 0 aliphatic carbocycles. The Labute approximate surface area is 125 Å². The highest BCUT2D eigenvalue weighted by Gasteiger charge is 2.05. The summed E-state index contributed by atoms with van der Waals surface area (Å²) >= 11 is 9.36. The Kier molecular flexibility index (Phi) is 4.97. The summed E-state index contributed by atoms with van der Waals surface area (Å²) in [6.07, 6.45) is 0. The van der Waals surface area contributed by atoms with Gasteiger partial charge in [-0.25, -0.2) is 4.39 Å². The lowest BCUT2D eigenvalue weighted by atomic mass is 10.1. The van der Waals surface area contributed by atoms with Crippen LogP contribution in [0, 0.1) is 5.82 Å². The van der Waals surface area contributed by atoms with E-state index in [4.69, 9.17) is 11.6 Å². The molecule has 0 fully saturated rings. The van der Waals surface area contributed by atoms with Crippen molar-refractivity contribution in [2.24, 2.45) is 0 Å². The lowest BCUT2D eigenvalue weighted by molar-refractivity contribution is 0.571. The molecule has 19 heavy (non-hydrogen) atoms. The van der Waals surface area contributed by atoms with Crippen LogP contribution in [0.2, 0.25) is 5.02 Å². The Hall–Kier alpha value is -0.900. The molecule has 0 saturated heterocycles. The van der Waals surface area contributed by atoms with Crippen molar-refractivity contribution in [3.63, 3.8) is 0 Å². The molecule has 0 amide bonds. The number of hydrogen-bond donors (Lipinski definition) is 1. The van der Waals surface area contributed by atoms with Crippen molar-refractivity contribution >= 4 is 27.5 Å². The van der Waals surface area contributed by atoms with Gasteiger partial charge in [0, 0.05) is 17.1 Å². The molecule has 1 atom stereocenters. The summed E-state index contributed by atoms with van der Waals surface area (Å²) in [6.45, 7) is 2.78. The average molecular weight is 343 g/mol. The number of halogens is 3. The van der Waals surface area contributed by atoms with E-state index in [2.05, 4.69) is 28.2 Å². The van der Waals surface area contributed by atoms with Gasteiger partial charge < -0.3 is 5.32 Å². The molecular weight excluding hydrogens is 329 g/mol. The quantitative estimate of drug-likeness (QED) is 0.816. The van der Waals surface area contributed by atoms with Crippen LogP contribution in [0.15, 0.2) is 46.9 Å². The van der Waals surface area contributed by atoms with E-state index in [1.807, 2.05) is 18.2 Å². The van der Waals surface area contributed by atoms with Gasteiger partial charge in [0.25, 0.3) is 0 Å². The van der Waals surface area contributed by atoms with Gasteiger partial charge in [0.15, 0.2) is 0 Å². The second-order valence-electron chi connectivity index (χ2n) is 4.40. The lowest BCUT2D eigenvalue weighted by Gasteiger charge is -2.14. The molecule has 2 aromatic carbocycles. The first-order valence-corrected chi connectivity index (χ1v) is 7.16. The zero-order chi connectivity index (χ0) is 13.8. The third-order valence-electron chi connectivity index (χ3n) is 2.97. The van der Waals surface area contributed by atoms with E-state index in [9.17, 15) is 4.39 Å². The Balaban J connectivity index is 1.98. The average Bonchev–Trinajstić information content (AvgIpc) is 2.40. The summed E-state index contributed by atoms with van der Waals surface area (Å²) in [6, 6.07) is 12.6. The molecule has 0 radical (unpaired) electrons. The fourth-order valence-electron chi connectivity index (χ4n) is 1.79. The van der Waals surface area contributed by atoms with Crippen LogP contribution in [0.25, 0.3) is 0 Å². The highest BCUT2D eigenvalue weighted by atomic mass is 79.9. The third kappa shape index (κ3) is 4.03. The molecule has 0 spiro atoms. The van der Waals surface area contributed by atoms with Gasteiger partial charge in [-0.2, -0.15) is 0 Å². The Bertz CT molecular complexity index is 557. The Morgan fingerprint density at radius 2 is 1.89 bits per heavy atom. The van der Waals surface area contributed by atoms with Crippen molar-refractivity contribution in [3.05, 3.63) is 68.9 Å². The van der Waals surface area contributed by atoms with Crippen LogP contribution >= 0.6 is 27.5 Å². The van der Waals surface area contributed by atoms with E-state index in [0.717, 1.165) is 22.1 Å². The number of nitrogens with one attached hydrogen (secondary N) is 1. The largest absolute Gasteiger partial charge is 0.306 e. The molecule has 0 unspecified atom stereocenters. The van der Waals surface area contributed by atoms with Crippen molar-refractivity contribution in [3.8, 4) is 0 Å². The van der Waals surface area contributed by atoms with Crippen molar-refractivity contribution in [2.75, 3.05) is 0 Å². The number of hydrogen-bond acceptors (Lipinski definition) is 1. The van der Waals surface area contributed by atoms with Crippen LogP contribution in [0.1, 0.15) is 24.1 Å². The summed E-state index contributed by atoms with van der Waals surface area (Å²) in [5.74, 6) is -0.211. The molecule has 0 aliphatic heterocycles. The molecule has 0 saturated carbocycles. The van der Waals surface area contributed by atoms with E-state index in [-0.39, 0.29) is 11.9 Å². The highest BCUT2D eigenvalue weighted by molar-refractivity contribution is 9.10. The molecule has 100 valence electrons. The minimum Gasteiger partial charge on any atom is -0.306 e. The van der Waals surface area contributed by atoms with E-state index < -0.39 is 0 Å². The second-order valence-corrected chi connectivity index (χ2v) is 5.66. The van der Waals surface area contributed by atoms with Gasteiger partial charge in [-0.05, 0) is 58.2 Å². The molecule has 1 N–H and O–H groups in total. The van der Waals surface area contributed by atoms with Crippen molar-refractivity contribution in [1.82, 2.24) is 5.32 Å². The van der Waals surface area contributed by atoms with Gasteiger partial charge in [-0.1, -0.05) is 29.8 Å². The zero-order valence-electron chi connectivity index (χ0n) is 10.5. The maximum atomic E-state index is 12.8. The molecule has 0 bridgehead atoms. The molecule has 0 aromatic heterocycles. The smallest absolute Gasteiger partial charge is 0.123 e. The van der Waals surface area contributed by atoms with Crippen LogP contribution in [0.3, 0.4) is 0 Å². The third-order valence-corrected chi connectivity index (χ3v) is 4.18. The summed E-state index contributed by atoms with van der Waals surface area (Å²) in [7, 11) is 0. The molecule has 1 nitrogen and oxygen atoms in total. The van der Waals surface area contributed by atoms with Crippen LogP contribution in [0.5, 0.6) is 0 Å². The first-order valence-electron chi connectivity index (χ1n) is 5.99. The van der Waals surface area contributed by atoms with Crippen molar-refractivity contribution < 1.29 is 4.39 Å². The number of rotatable bonds is 4. The Morgan fingerprint density at radius 3 is 2.53 bits per heavy atom. The lowest BCUT2D eigenvalue weighted by Crippen LogP contribution is -2.18. The summed E-state index contributed by atoms with van der Waals surface area (Å²) in [5.41, 5.74) is 2.21. The molecule has 2 aromatic rings. The van der Waals surface area contributed by atoms with Crippen LogP contribution in [0.4, 0.5) is 4.39 Å². The summed E-state index contributed by atoms with van der Waals surface area (Å²) in [4.78, 5) is 0. The predicted molar refractivity (Wildman–Crippen MR) is 80.8 cm³/mol. The van der Waals surface area contributed by atoms with Crippen LogP contribution < -0.4 is 5.32 Å². The van der Waals surface area contributed by atoms with Gasteiger partial charge in [-0.3, -0.25) is 0 Å². The van der Waals surface area contributed by atoms with Crippen LogP contribution in [-0.4, -0.2) is 0 Å². The first kappa shape index (κ1) is 14.5. The zero-order valence-corrected chi connectivity index (χ0v) is 12.8. The predicted octanol–water partition coefficient (Wildman–Crippen LogP) is 5.09. The van der Waals surface area contributed by atoms with E-state index in [0.29, 0.717) is 5.02 Å². The fourth-order valence-corrected chi connectivity index (χ4v) is 2.33. The van der Waals surface area contributed by atoms with E-state index in [1.54, 1.807) is 12.1 Å². The number of benzene rings is 2. The highest BCUT2D eigenvalue weighted by Crippen LogP contribution is 2.23.